The van der Waals surface area contributed by atoms with Gasteiger partial charge in [0.2, 0.25) is 12.7 Å². The van der Waals surface area contributed by atoms with E-state index >= 15 is 0 Å². The minimum atomic E-state index is -0.462. The molecule has 0 radical (unpaired) electrons. The van der Waals surface area contributed by atoms with Gasteiger partial charge >= 0.3 is 0 Å². The molecule has 1 aliphatic carbocycles. The first kappa shape index (κ1) is 15.2. The highest BCUT2D eigenvalue weighted by Crippen LogP contribution is 2.33. The van der Waals surface area contributed by atoms with Crippen LogP contribution in [0.3, 0.4) is 0 Å². The number of fused-ring (bicyclic) bond motifs is 1. The van der Waals surface area contributed by atoms with Crippen molar-refractivity contribution in [1.29, 1.82) is 0 Å². The van der Waals surface area contributed by atoms with Crippen molar-refractivity contribution in [3.63, 3.8) is 0 Å². The van der Waals surface area contributed by atoms with E-state index in [1.165, 1.54) is 19.3 Å². The second kappa shape index (κ2) is 6.57. The molecule has 1 heterocycles. The van der Waals surface area contributed by atoms with Crippen molar-refractivity contribution in [3.05, 3.63) is 23.8 Å². The van der Waals surface area contributed by atoms with E-state index in [-0.39, 0.29) is 12.7 Å². The van der Waals surface area contributed by atoms with Crippen LogP contribution in [0.2, 0.25) is 0 Å². The van der Waals surface area contributed by atoms with Gasteiger partial charge in [-0.25, -0.2) is 0 Å². The molecule has 1 amide bonds. The lowest BCUT2D eigenvalue weighted by atomic mass is 9.93. The highest BCUT2D eigenvalue weighted by atomic mass is 16.7. The second-order valence-electron chi connectivity index (χ2n) is 6.23. The van der Waals surface area contributed by atoms with E-state index in [2.05, 4.69) is 0 Å². The number of ether oxygens (including phenoxy) is 2. The number of benzene rings is 1. The van der Waals surface area contributed by atoms with Crippen LogP contribution in [0.4, 0.5) is 0 Å². The number of hydrogen-bond acceptors (Lipinski definition) is 4. The molecule has 1 aliphatic heterocycles. The number of amides is 1. The molecule has 1 saturated carbocycles. The molecule has 5 nitrogen and oxygen atoms in total. The molecule has 0 saturated heterocycles. The lowest BCUT2D eigenvalue weighted by Crippen LogP contribution is -2.47. The Hall–Kier alpha value is -1.75. The Bertz CT molecular complexity index is 539. The Balaban J connectivity index is 1.78. The fourth-order valence-corrected chi connectivity index (χ4v) is 3.28. The lowest BCUT2D eigenvalue weighted by molar-refractivity contribution is -0.136. The summed E-state index contributed by atoms with van der Waals surface area (Å²) in [7, 11) is 0. The first-order valence-electron chi connectivity index (χ1n) is 8.10. The molecule has 1 atom stereocenters. The first-order chi connectivity index (χ1) is 10.6. The minimum Gasteiger partial charge on any atom is -0.454 e. The van der Waals surface area contributed by atoms with Crippen LogP contribution < -0.4 is 15.2 Å². The molecule has 0 aromatic heterocycles. The average Bonchev–Trinajstić information content (AvgIpc) is 3.00. The van der Waals surface area contributed by atoms with Crippen LogP contribution in [-0.4, -0.2) is 29.7 Å². The first-order valence-corrected chi connectivity index (χ1v) is 8.10. The van der Waals surface area contributed by atoms with E-state index in [1.54, 1.807) is 6.92 Å². The van der Waals surface area contributed by atoms with Gasteiger partial charge in [0.15, 0.2) is 11.5 Å². The van der Waals surface area contributed by atoms with E-state index in [9.17, 15) is 4.79 Å². The fraction of sp³-hybridized carbons (Fsp3) is 0.588. The minimum absolute atomic E-state index is 0.0320. The van der Waals surface area contributed by atoms with Gasteiger partial charge in [-0.15, -0.1) is 0 Å². The molecular weight excluding hydrogens is 280 g/mol. The summed E-state index contributed by atoms with van der Waals surface area (Å²) in [5.74, 6) is 1.56. The van der Waals surface area contributed by atoms with Crippen LogP contribution in [-0.2, 0) is 11.3 Å². The molecular formula is C17H24N2O3. The molecule has 3 rings (SSSR count). The van der Waals surface area contributed by atoms with Crippen molar-refractivity contribution in [1.82, 2.24) is 4.90 Å². The molecule has 0 unspecified atom stereocenters. The molecule has 22 heavy (non-hydrogen) atoms. The summed E-state index contributed by atoms with van der Waals surface area (Å²) in [6.07, 6.45) is 5.79. The molecule has 120 valence electrons. The Labute approximate surface area is 131 Å². The number of hydrogen-bond donors (Lipinski definition) is 1. The molecule has 2 aliphatic rings. The third-order valence-electron chi connectivity index (χ3n) is 4.48. The zero-order valence-corrected chi connectivity index (χ0v) is 13.1. The Morgan fingerprint density at radius 2 is 2.00 bits per heavy atom. The van der Waals surface area contributed by atoms with Crippen molar-refractivity contribution >= 4 is 5.91 Å². The summed E-state index contributed by atoms with van der Waals surface area (Å²) >= 11 is 0. The van der Waals surface area contributed by atoms with E-state index in [0.29, 0.717) is 12.6 Å². The van der Waals surface area contributed by atoms with Gasteiger partial charge in [0.25, 0.3) is 0 Å². The average molecular weight is 304 g/mol. The maximum Gasteiger partial charge on any atom is 0.239 e. The van der Waals surface area contributed by atoms with Gasteiger partial charge < -0.3 is 20.1 Å². The van der Waals surface area contributed by atoms with Crippen molar-refractivity contribution in [2.75, 3.05) is 6.79 Å². The van der Waals surface area contributed by atoms with Crippen LogP contribution in [0.25, 0.3) is 0 Å². The van der Waals surface area contributed by atoms with Gasteiger partial charge in [0.1, 0.15) is 0 Å². The van der Waals surface area contributed by atoms with E-state index in [4.69, 9.17) is 15.2 Å². The monoisotopic (exact) mass is 304 g/mol. The van der Waals surface area contributed by atoms with Gasteiger partial charge in [0.05, 0.1) is 6.04 Å². The van der Waals surface area contributed by atoms with E-state index in [0.717, 1.165) is 29.9 Å². The van der Waals surface area contributed by atoms with Crippen molar-refractivity contribution < 1.29 is 14.3 Å². The largest absolute Gasteiger partial charge is 0.454 e. The van der Waals surface area contributed by atoms with Crippen LogP contribution in [0.15, 0.2) is 18.2 Å². The van der Waals surface area contributed by atoms with Gasteiger partial charge in [0, 0.05) is 12.6 Å². The molecule has 2 N–H and O–H groups in total. The topological polar surface area (TPSA) is 64.8 Å². The van der Waals surface area contributed by atoms with Crippen LogP contribution >= 0.6 is 0 Å². The number of carbonyl (C=O) groups is 1. The summed E-state index contributed by atoms with van der Waals surface area (Å²) in [4.78, 5) is 14.5. The van der Waals surface area contributed by atoms with E-state index in [1.807, 2.05) is 23.1 Å². The highest BCUT2D eigenvalue weighted by Gasteiger charge is 2.27. The van der Waals surface area contributed by atoms with Crippen LogP contribution in [0.5, 0.6) is 11.5 Å². The Kier molecular flexibility index (Phi) is 4.52. The number of nitrogens with zero attached hydrogens (tertiary/aromatic N) is 1. The van der Waals surface area contributed by atoms with Gasteiger partial charge in [-0.05, 0) is 37.5 Å². The number of rotatable bonds is 4. The van der Waals surface area contributed by atoms with Crippen molar-refractivity contribution in [3.8, 4) is 11.5 Å². The highest BCUT2D eigenvalue weighted by molar-refractivity contribution is 5.81. The quantitative estimate of drug-likeness (QED) is 0.928. The molecule has 1 aromatic carbocycles. The predicted molar refractivity (Wildman–Crippen MR) is 83.6 cm³/mol. The lowest BCUT2D eigenvalue weighted by Gasteiger charge is -2.35. The zero-order valence-electron chi connectivity index (χ0n) is 13.1. The molecule has 5 heteroatoms. The van der Waals surface area contributed by atoms with Crippen molar-refractivity contribution in [2.24, 2.45) is 5.73 Å². The third-order valence-corrected chi connectivity index (χ3v) is 4.48. The summed E-state index contributed by atoms with van der Waals surface area (Å²) < 4.78 is 10.8. The zero-order chi connectivity index (χ0) is 15.5. The summed E-state index contributed by atoms with van der Waals surface area (Å²) in [6.45, 7) is 2.61. The SMILES string of the molecule is C[C@H](N)C(=O)N(Cc1ccc2c(c1)OCO2)C1CCCCC1. The summed E-state index contributed by atoms with van der Waals surface area (Å²) in [6, 6.07) is 5.71. The maximum absolute atomic E-state index is 12.5. The normalized spacial score (nSPS) is 19.0. The van der Waals surface area contributed by atoms with E-state index < -0.39 is 6.04 Å². The number of nitrogens with two attached hydrogens (primary N) is 1. The summed E-state index contributed by atoms with van der Waals surface area (Å²) in [5, 5.41) is 0. The third kappa shape index (κ3) is 3.19. The van der Waals surface area contributed by atoms with Crippen LogP contribution in [0.1, 0.15) is 44.6 Å². The van der Waals surface area contributed by atoms with Gasteiger partial charge in [-0.1, -0.05) is 25.3 Å². The van der Waals surface area contributed by atoms with Gasteiger partial charge in [-0.3, -0.25) is 4.79 Å². The van der Waals surface area contributed by atoms with Gasteiger partial charge in [-0.2, -0.15) is 0 Å². The molecule has 1 aromatic rings. The number of carbonyl (C=O) groups excluding carboxylic acids is 1. The Morgan fingerprint density at radius 3 is 2.73 bits per heavy atom. The van der Waals surface area contributed by atoms with Crippen molar-refractivity contribution in [2.45, 2.75) is 57.7 Å². The smallest absolute Gasteiger partial charge is 0.239 e. The Morgan fingerprint density at radius 1 is 1.27 bits per heavy atom. The second-order valence-corrected chi connectivity index (χ2v) is 6.23. The molecule has 0 bridgehead atoms. The maximum atomic E-state index is 12.5. The van der Waals surface area contributed by atoms with Crippen LogP contribution in [0, 0.1) is 0 Å². The molecule has 1 fully saturated rings. The fourth-order valence-electron chi connectivity index (χ4n) is 3.28. The predicted octanol–water partition coefficient (Wildman–Crippen LogP) is 2.42. The standard InChI is InChI=1S/C17H24N2O3/c1-12(18)17(20)19(14-5-3-2-4-6-14)10-13-7-8-15-16(9-13)22-11-21-15/h7-9,12,14H,2-6,10-11,18H2,1H3/t12-/m0/s1. The summed E-state index contributed by atoms with van der Waals surface area (Å²) in [5.41, 5.74) is 6.91. The molecule has 0 spiro atoms.